The lowest BCUT2D eigenvalue weighted by atomic mass is 9.96. The van der Waals surface area contributed by atoms with E-state index in [0.717, 1.165) is 5.56 Å². The van der Waals surface area contributed by atoms with Crippen LogP contribution in [0.3, 0.4) is 0 Å². The molecule has 0 spiro atoms. The molecule has 4 heteroatoms. The van der Waals surface area contributed by atoms with Crippen molar-refractivity contribution in [1.82, 2.24) is 0 Å². The van der Waals surface area contributed by atoms with Crippen LogP contribution in [0.4, 0.5) is 0 Å². The molecule has 0 unspecified atom stereocenters. The van der Waals surface area contributed by atoms with Gasteiger partial charge in [-0.1, -0.05) is 12.1 Å². The van der Waals surface area contributed by atoms with Gasteiger partial charge in [-0.15, -0.1) is 0 Å². The molecule has 0 aliphatic heterocycles. The molecule has 0 aliphatic carbocycles. The Morgan fingerprint density at radius 1 is 1.50 bits per heavy atom. The Labute approximate surface area is 96.4 Å². The highest BCUT2D eigenvalue weighted by Gasteiger charge is 2.25. The summed E-state index contributed by atoms with van der Waals surface area (Å²) in [6.45, 7) is 1.70. The maximum absolute atomic E-state index is 11.1. The fourth-order valence-electron chi connectivity index (χ4n) is 1.11. The molecule has 0 fully saturated rings. The van der Waals surface area contributed by atoms with Crippen LogP contribution >= 0.6 is 22.6 Å². The Morgan fingerprint density at radius 2 is 2.00 bits per heavy atom. The van der Waals surface area contributed by atoms with Crippen LogP contribution in [-0.4, -0.2) is 14.4 Å². The van der Waals surface area contributed by atoms with Crippen LogP contribution in [0.25, 0.3) is 0 Å². The zero-order valence-electron chi connectivity index (χ0n) is 7.83. The van der Waals surface area contributed by atoms with E-state index in [0.29, 0.717) is 6.42 Å². The summed E-state index contributed by atoms with van der Waals surface area (Å²) in [7, 11) is 0. The third kappa shape index (κ3) is 2.95. The van der Waals surface area contributed by atoms with Gasteiger partial charge in [0.1, 0.15) is 5.75 Å². The summed E-state index contributed by atoms with van der Waals surface area (Å²) >= 11 is 1.71. The van der Waals surface area contributed by atoms with Crippen molar-refractivity contribution in [2.45, 2.75) is 18.9 Å². The maximum atomic E-state index is 11.1. The molecule has 0 amide bonds. The largest absolute Gasteiger partial charge is 0.508 e. The lowest BCUT2D eigenvalue weighted by Crippen LogP contribution is -2.44. The van der Waals surface area contributed by atoms with Crippen LogP contribution in [0.1, 0.15) is 12.5 Å². The zero-order chi connectivity index (χ0) is 10.8. The van der Waals surface area contributed by atoms with Crippen LogP contribution in [0, 0.1) is 0 Å². The molecule has 1 atom stereocenters. The number of halogens is 1. The fourth-order valence-corrected chi connectivity index (χ4v) is 1.30. The highest BCUT2D eigenvalue weighted by Crippen LogP contribution is 2.17. The third-order valence-electron chi connectivity index (χ3n) is 1.96. The molecule has 1 rings (SSSR count). The van der Waals surface area contributed by atoms with Gasteiger partial charge in [-0.25, -0.2) is 0 Å². The van der Waals surface area contributed by atoms with E-state index in [1.807, 2.05) is 0 Å². The first-order valence-corrected chi connectivity index (χ1v) is 5.26. The molecule has 0 aliphatic rings. The standard InChI is InChI=1S/C10H12INO2/c1-10(12,9(11)14)6-7-2-4-8(13)5-3-7/h2-5,13H,6,12H2,1H3/t10-/m0/s1. The Balaban J connectivity index is 2.79. The molecule has 1 aromatic rings. The first-order chi connectivity index (χ1) is 6.42. The predicted octanol–water partition coefficient (Wildman–Crippen LogP) is 1.61. The molecule has 0 bridgehead atoms. The third-order valence-corrected chi connectivity index (χ3v) is 3.19. The van der Waals surface area contributed by atoms with Gasteiger partial charge < -0.3 is 10.8 Å². The van der Waals surface area contributed by atoms with E-state index in [2.05, 4.69) is 0 Å². The average Bonchev–Trinajstić information content (AvgIpc) is 2.08. The first-order valence-electron chi connectivity index (χ1n) is 4.18. The van der Waals surface area contributed by atoms with Gasteiger partial charge in [0.2, 0.25) is 3.79 Å². The molecule has 0 saturated heterocycles. The van der Waals surface area contributed by atoms with E-state index >= 15 is 0 Å². The van der Waals surface area contributed by atoms with Crippen LogP contribution in [0.2, 0.25) is 0 Å². The summed E-state index contributed by atoms with van der Waals surface area (Å²) in [4.78, 5) is 11.1. The van der Waals surface area contributed by atoms with E-state index in [1.54, 1.807) is 53.8 Å². The number of hydrogen-bond donors (Lipinski definition) is 2. The van der Waals surface area contributed by atoms with Gasteiger partial charge in [0.05, 0.1) is 5.54 Å². The van der Waals surface area contributed by atoms with Crippen LogP contribution in [-0.2, 0) is 11.2 Å². The SMILES string of the molecule is C[C@](N)(Cc1ccc(O)cc1)C(=O)I. The van der Waals surface area contributed by atoms with Crippen LogP contribution < -0.4 is 5.73 Å². The number of hydrogen-bond acceptors (Lipinski definition) is 3. The normalized spacial score (nSPS) is 14.8. The lowest BCUT2D eigenvalue weighted by molar-refractivity contribution is -0.113. The van der Waals surface area contributed by atoms with Gasteiger partial charge in [0, 0.05) is 22.6 Å². The second-order valence-corrected chi connectivity index (χ2v) is 4.51. The second-order valence-electron chi connectivity index (χ2n) is 3.53. The average molecular weight is 305 g/mol. The minimum Gasteiger partial charge on any atom is -0.508 e. The summed E-state index contributed by atoms with van der Waals surface area (Å²) in [5.74, 6) is 0.216. The van der Waals surface area contributed by atoms with E-state index in [9.17, 15) is 4.79 Å². The molecule has 0 saturated carbocycles. The molecular formula is C10H12INO2. The van der Waals surface area contributed by atoms with E-state index < -0.39 is 5.54 Å². The number of carbonyl (C=O) groups excluding carboxylic acids is 1. The zero-order valence-corrected chi connectivity index (χ0v) is 9.98. The van der Waals surface area contributed by atoms with Crippen LogP contribution in [0.15, 0.2) is 24.3 Å². The molecule has 3 nitrogen and oxygen atoms in total. The molecule has 14 heavy (non-hydrogen) atoms. The highest BCUT2D eigenvalue weighted by atomic mass is 127. The molecule has 0 radical (unpaired) electrons. The monoisotopic (exact) mass is 305 g/mol. The number of benzene rings is 1. The summed E-state index contributed by atoms with van der Waals surface area (Å²) < 4.78 is -0.0665. The van der Waals surface area contributed by atoms with Crippen molar-refractivity contribution in [3.05, 3.63) is 29.8 Å². The number of phenolic OH excluding ortho intramolecular Hbond substituents is 1. The van der Waals surface area contributed by atoms with Gasteiger partial charge >= 0.3 is 0 Å². The summed E-state index contributed by atoms with van der Waals surface area (Å²) in [5, 5.41) is 9.06. The topological polar surface area (TPSA) is 63.3 Å². The summed E-state index contributed by atoms with van der Waals surface area (Å²) in [6.07, 6.45) is 0.481. The predicted molar refractivity (Wildman–Crippen MR) is 63.4 cm³/mol. The van der Waals surface area contributed by atoms with Gasteiger partial charge in [-0.3, -0.25) is 4.79 Å². The van der Waals surface area contributed by atoms with Gasteiger partial charge in [0.15, 0.2) is 0 Å². The van der Waals surface area contributed by atoms with Crippen molar-refractivity contribution in [3.63, 3.8) is 0 Å². The molecule has 0 heterocycles. The van der Waals surface area contributed by atoms with E-state index in [1.165, 1.54) is 0 Å². The van der Waals surface area contributed by atoms with Gasteiger partial charge in [-0.05, 0) is 31.0 Å². The number of carbonyl (C=O) groups is 1. The van der Waals surface area contributed by atoms with Crippen molar-refractivity contribution in [3.8, 4) is 5.75 Å². The molecular weight excluding hydrogens is 293 g/mol. The number of aromatic hydroxyl groups is 1. The van der Waals surface area contributed by atoms with Crippen molar-refractivity contribution in [2.24, 2.45) is 5.73 Å². The van der Waals surface area contributed by atoms with E-state index in [4.69, 9.17) is 10.8 Å². The number of phenols is 1. The number of rotatable bonds is 3. The minimum absolute atomic E-state index is 0.0665. The van der Waals surface area contributed by atoms with Crippen molar-refractivity contribution < 1.29 is 9.90 Å². The fraction of sp³-hybridized carbons (Fsp3) is 0.300. The Kier molecular flexibility index (Phi) is 3.49. The highest BCUT2D eigenvalue weighted by molar-refractivity contribution is 14.1. The van der Waals surface area contributed by atoms with E-state index in [-0.39, 0.29) is 9.54 Å². The quantitative estimate of drug-likeness (QED) is 0.659. The molecule has 76 valence electrons. The summed E-state index contributed by atoms with van der Waals surface area (Å²) in [5.41, 5.74) is 5.92. The second kappa shape index (κ2) is 4.27. The smallest absolute Gasteiger partial charge is 0.212 e. The summed E-state index contributed by atoms with van der Waals surface area (Å²) in [6, 6.07) is 6.70. The molecule has 1 aromatic carbocycles. The molecule has 0 aromatic heterocycles. The molecule has 3 N–H and O–H groups in total. The van der Waals surface area contributed by atoms with Crippen molar-refractivity contribution >= 4 is 26.4 Å². The van der Waals surface area contributed by atoms with Crippen molar-refractivity contribution in [1.29, 1.82) is 0 Å². The maximum Gasteiger partial charge on any atom is 0.212 e. The number of nitrogens with two attached hydrogens (primary N) is 1. The Hall–Kier alpha value is -0.620. The van der Waals surface area contributed by atoms with Gasteiger partial charge in [0.25, 0.3) is 0 Å². The Morgan fingerprint density at radius 3 is 2.43 bits per heavy atom. The first kappa shape index (κ1) is 11.5. The lowest BCUT2D eigenvalue weighted by Gasteiger charge is -2.19. The minimum atomic E-state index is -0.836. The Bertz CT molecular complexity index is 332. The van der Waals surface area contributed by atoms with Crippen LogP contribution in [0.5, 0.6) is 5.75 Å². The van der Waals surface area contributed by atoms with Gasteiger partial charge in [-0.2, -0.15) is 0 Å². The van der Waals surface area contributed by atoms with Crippen molar-refractivity contribution in [2.75, 3.05) is 0 Å².